The zero-order chi connectivity index (χ0) is 14.4. The monoisotopic (exact) mass is 267 g/mol. The number of carbonyl (C=O) groups is 1. The average molecular weight is 267 g/mol. The molecule has 0 aliphatic carbocycles. The molecule has 0 aliphatic rings. The van der Waals surface area contributed by atoms with Gasteiger partial charge in [0.1, 0.15) is 6.04 Å². The van der Waals surface area contributed by atoms with Crippen LogP contribution in [0.1, 0.15) is 19.4 Å². The summed E-state index contributed by atoms with van der Waals surface area (Å²) >= 11 is 0. The summed E-state index contributed by atoms with van der Waals surface area (Å²) in [6.07, 6.45) is 0.461. The van der Waals surface area contributed by atoms with Crippen molar-refractivity contribution < 1.29 is 19.0 Å². The first-order chi connectivity index (χ1) is 8.97. The zero-order valence-corrected chi connectivity index (χ0v) is 11.8. The van der Waals surface area contributed by atoms with E-state index in [0.717, 1.165) is 5.56 Å². The maximum absolute atomic E-state index is 11.3. The van der Waals surface area contributed by atoms with Gasteiger partial charge in [0.25, 0.3) is 0 Å². The Morgan fingerprint density at radius 1 is 1.26 bits per heavy atom. The van der Waals surface area contributed by atoms with Crippen molar-refractivity contribution >= 4 is 5.97 Å². The van der Waals surface area contributed by atoms with Gasteiger partial charge in [-0.05, 0) is 38.0 Å². The standard InChI is InChI=1S/C14H21NO4/c1-9(2)19-12-6-5-10(8-13(12)17-3)7-11(15)14(16)18-4/h5-6,8-9,11H,7,15H2,1-4H3/t11-/m0/s1. The van der Waals surface area contributed by atoms with E-state index in [9.17, 15) is 4.79 Å². The second-order valence-corrected chi connectivity index (χ2v) is 4.49. The lowest BCUT2D eigenvalue weighted by molar-refractivity contribution is -0.142. The molecule has 1 rings (SSSR count). The Bertz CT molecular complexity index is 431. The number of hydrogen-bond donors (Lipinski definition) is 1. The lowest BCUT2D eigenvalue weighted by atomic mass is 10.1. The highest BCUT2D eigenvalue weighted by molar-refractivity contribution is 5.75. The van der Waals surface area contributed by atoms with Crippen molar-refractivity contribution in [1.29, 1.82) is 0 Å². The minimum absolute atomic E-state index is 0.0667. The fraction of sp³-hybridized carbons (Fsp3) is 0.500. The van der Waals surface area contributed by atoms with Crippen LogP contribution in [0.4, 0.5) is 0 Å². The molecule has 2 N–H and O–H groups in total. The first-order valence-electron chi connectivity index (χ1n) is 6.15. The van der Waals surface area contributed by atoms with E-state index in [2.05, 4.69) is 4.74 Å². The third kappa shape index (κ3) is 4.44. The van der Waals surface area contributed by atoms with Gasteiger partial charge in [0.05, 0.1) is 20.3 Å². The van der Waals surface area contributed by atoms with Crippen LogP contribution in [0.25, 0.3) is 0 Å². The van der Waals surface area contributed by atoms with E-state index in [1.165, 1.54) is 7.11 Å². The molecule has 0 radical (unpaired) electrons. The van der Waals surface area contributed by atoms with Crippen LogP contribution in [0.5, 0.6) is 11.5 Å². The molecule has 0 amide bonds. The van der Waals surface area contributed by atoms with Crippen LogP contribution in [-0.4, -0.2) is 32.3 Å². The topological polar surface area (TPSA) is 70.8 Å². The molecule has 1 aromatic rings. The molecule has 19 heavy (non-hydrogen) atoms. The van der Waals surface area contributed by atoms with E-state index in [1.54, 1.807) is 7.11 Å². The summed E-state index contributed by atoms with van der Waals surface area (Å²) in [6.45, 7) is 3.89. The smallest absolute Gasteiger partial charge is 0.322 e. The Hall–Kier alpha value is -1.75. The Kier molecular flexibility index (Phi) is 5.63. The number of methoxy groups -OCH3 is 2. The highest BCUT2D eigenvalue weighted by atomic mass is 16.5. The molecule has 1 atom stereocenters. The van der Waals surface area contributed by atoms with Crippen LogP contribution < -0.4 is 15.2 Å². The van der Waals surface area contributed by atoms with Gasteiger partial charge in [-0.2, -0.15) is 0 Å². The van der Waals surface area contributed by atoms with E-state index >= 15 is 0 Å². The molecule has 0 unspecified atom stereocenters. The van der Waals surface area contributed by atoms with E-state index in [1.807, 2.05) is 32.0 Å². The van der Waals surface area contributed by atoms with Crippen molar-refractivity contribution in [1.82, 2.24) is 0 Å². The Morgan fingerprint density at radius 2 is 1.95 bits per heavy atom. The molecule has 0 heterocycles. The van der Waals surface area contributed by atoms with Crippen LogP contribution in [0, 0.1) is 0 Å². The number of esters is 1. The average Bonchev–Trinajstić information content (AvgIpc) is 2.38. The number of hydrogen-bond acceptors (Lipinski definition) is 5. The van der Waals surface area contributed by atoms with Crippen LogP contribution in [-0.2, 0) is 16.0 Å². The molecule has 5 heteroatoms. The quantitative estimate of drug-likeness (QED) is 0.791. The van der Waals surface area contributed by atoms with Crippen molar-refractivity contribution in [2.45, 2.75) is 32.4 Å². The minimum atomic E-state index is -0.674. The maximum Gasteiger partial charge on any atom is 0.322 e. The fourth-order valence-electron chi connectivity index (χ4n) is 1.68. The van der Waals surface area contributed by atoms with Gasteiger partial charge in [-0.3, -0.25) is 4.79 Å². The van der Waals surface area contributed by atoms with Gasteiger partial charge >= 0.3 is 5.97 Å². The first kappa shape index (κ1) is 15.3. The molecule has 0 saturated heterocycles. The van der Waals surface area contributed by atoms with Crippen LogP contribution in [0.3, 0.4) is 0 Å². The minimum Gasteiger partial charge on any atom is -0.493 e. The Morgan fingerprint density at radius 3 is 2.47 bits per heavy atom. The molecular weight excluding hydrogens is 246 g/mol. The van der Waals surface area contributed by atoms with Crippen LogP contribution >= 0.6 is 0 Å². The van der Waals surface area contributed by atoms with Crippen LogP contribution in [0.2, 0.25) is 0 Å². The predicted octanol–water partition coefficient (Wildman–Crippen LogP) is 1.53. The summed E-state index contributed by atoms with van der Waals surface area (Å²) in [4.78, 5) is 11.3. The number of carbonyl (C=O) groups excluding carboxylic acids is 1. The molecule has 106 valence electrons. The molecule has 1 aromatic carbocycles. The number of ether oxygens (including phenoxy) is 3. The predicted molar refractivity (Wildman–Crippen MR) is 72.5 cm³/mol. The summed E-state index contributed by atoms with van der Waals surface area (Å²) in [7, 11) is 2.90. The van der Waals surface area contributed by atoms with E-state index in [4.69, 9.17) is 15.2 Å². The SMILES string of the molecule is COC(=O)[C@@H](N)Cc1ccc(OC(C)C)c(OC)c1. The van der Waals surface area contributed by atoms with E-state index in [0.29, 0.717) is 17.9 Å². The highest BCUT2D eigenvalue weighted by Crippen LogP contribution is 2.29. The third-order valence-corrected chi connectivity index (χ3v) is 2.55. The zero-order valence-electron chi connectivity index (χ0n) is 11.8. The summed E-state index contributed by atoms with van der Waals surface area (Å²) < 4.78 is 15.5. The molecule has 0 fully saturated rings. The summed E-state index contributed by atoms with van der Waals surface area (Å²) in [6, 6.07) is 4.83. The van der Waals surface area contributed by atoms with Crippen molar-refractivity contribution in [3.8, 4) is 11.5 Å². The molecule has 0 aromatic heterocycles. The second kappa shape index (κ2) is 6.99. The number of nitrogens with two attached hydrogens (primary N) is 1. The first-order valence-corrected chi connectivity index (χ1v) is 6.15. The van der Waals surface area contributed by atoms with Gasteiger partial charge in [-0.1, -0.05) is 6.07 Å². The Labute approximate surface area is 113 Å². The van der Waals surface area contributed by atoms with E-state index in [-0.39, 0.29) is 6.10 Å². The van der Waals surface area contributed by atoms with E-state index < -0.39 is 12.0 Å². The second-order valence-electron chi connectivity index (χ2n) is 4.49. The third-order valence-electron chi connectivity index (χ3n) is 2.55. The van der Waals surface area contributed by atoms with Crippen molar-refractivity contribution in [2.75, 3.05) is 14.2 Å². The summed E-state index contributed by atoms with van der Waals surface area (Å²) in [5.41, 5.74) is 6.62. The Balaban J connectivity index is 2.84. The largest absolute Gasteiger partial charge is 0.493 e. The molecule has 0 saturated carbocycles. The van der Waals surface area contributed by atoms with Crippen LogP contribution in [0.15, 0.2) is 18.2 Å². The summed E-state index contributed by atoms with van der Waals surface area (Å²) in [5, 5.41) is 0. The lowest BCUT2D eigenvalue weighted by Gasteiger charge is -2.15. The maximum atomic E-state index is 11.3. The van der Waals surface area contributed by atoms with Gasteiger partial charge in [-0.25, -0.2) is 0 Å². The highest BCUT2D eigenvalue weighted by Gasteiger charge is 2.15. The van der Waals surface area contributed by atoms with Gasteiger partial charge < -0.3 is 19.9 Å². The number of benzene rings is 1. The van der Waals surface area contributed by atoms with Crippen molar-refractivity contribution in [3.05, 3.63) is 23.8 Å². The molecule has 0 spiro atoms. The van der Waals surface area contributed by atoms with Gasteiger partial charge in [0.2, 0.25) is 0 Å². The van der Waals surface area contributed by atoms with Gasteiger partial charge in [0.15, 0.2) is 11.5 Å². The normalized spacial score (nSPS) is 12.1. The van der Waals surface area contributed by atoms with Gasteiger partial charge in [0, 0.05) is 0 Å². The molecule has 0 aliphatic heterocycles. The van der Waals surface area contributed by atoms with Crippen molar-refractivity contribution in [2.24, 2.45) is 5.73 Å². The molecule has 5 nitrogen and oxygen atoms in total. The number of rotatable bonds is 6. The molecular formula is C14H21NO4. The lowest BCUT2D eigenvalue weighted by Crippen LogP contribution is -2.33. The summed E-state index contributed by atoms with van der Waals surface area (Å²) in [5.74, 6) is 0.873. The van der Waals surface area contributed by atoms with Gasteiger partial charge in [-0.15, -0.1) is 0 Å². The van der Waals surface area contributed by atoms with Crippen molar-refractivity contribution in [3.63, 3.8) is 0 Å². The fourth-order valence-corrected chi connectivity index (χ4v) is 1.68. The molecule has 0 bridgehead atoms.